The highest BCUT2D eigenvalue weighted by molar-refractivity contribution is 6.04. The molecule has 230 valence electrons. The zero-order valence-electron chi connectivity index (χ0n) is 24.8. The summed E-state index contributed by atoms with van der Waals surface area (Å²) in [5.74, 6) is 1.05. The Morgan fingerprint density at radius 1 is 1.14 bits per heavy atom. The van der Waals surface area contributed by atoms with Crippen LogP contribution < -0.4 is 10.9 Å². The monoisotopic (exact) mass is 598 g/mol. The number of oxime groups is 1. The number of aliphatic hydroxyl groups excluding tert-OH is 2. The zero-order valence-corrected chi connectivity index (χ0v) is 24.8. The maximum absolute atomic E-state index is 14.3. The Labute approximate surface area is 255 Å². The van der Waals surface area contributed by atoms with Gasteiger partial charge < -0.3 is 25.1 Å². The number of amidine groups is 1. The van der Waals surface area contributed by atoms with Crippen LogP contribution in [0.25, 0.3) is 16.9 Å². The number of hydrogen-bond donors (Lipinski definition) is 3. The first-order valence-electron chi connectivity index (χ1n) is 15.2. The van der Waals surface area contributed by atoms with Crippen LogP contribution in [0.4, 0.5) is 0 Å². The van der Waals surface area contributed by atoms with Gasteiger partial charge in [-0.25, -0.2) is 4.52 Å². The molecule has 44 heavy (non-hydrogen) atoms. The Morgan fingerprint density at radius 3 is 2.57 bits per heavy atom. The minimum Gasteiger partial charge on any atom is -0.387 e. The van der Waals surface area contributed by atoms with Gasteiger partial charge in [0.2, 0.25) is 5.78 Å². The minimum absolute atomic E-state index is 0.0127. The van der Waals surface area contributed by atoms with Gasteiger partial charge in [-0.1, -0.05) is 73.1 Å². The molecular weight excluding hydrogens is 560 g/mol. The number of aromatic nitrogens is 4. The Hall–Kier alpha value is -4.32. The van der Waals surface area contributed by atoms with Crippen LogP contribution in [0, 0.1) is 0 Å². The van der Waals surface area contributed by atoms with Crippen molar-refractivity contribution in [2.45, 2.75) is 76.5 Å². The van der Waals surface area contributed by atoms with E-state index in [4.69, 9.17) is 9.57 Å². The van der Waals surface area contributed by atoms with Gasteiger partial charge in [-0.15, -0.1) is 6.58 Å². The molecule has 2 aliphatic rings. The summed E-state index contributed by atoms with van der Waals surface area (Å²) in [5, 5.41) is 30.8. The van der Waals surface area contributed by atoms with E-state index in [1.165, 1.54) is 12.4 Å². The molecule has 11 heteroatoms. The molecule has 2 unspecified atom stereocenters. The average molecular weight is 599 g/mol. The van der Waals surface area contributed by atoms with Crippen LogP contribution in [0.5, 0.6) is 0 Å². The first kappa shape index (κ1) is 29.7. The summed E-state index contributed by atoms with van der Waals surface area (Å²) in [6.07, 6.45) is 6.41. The SMILES string of the molecule is C=CC(O)CO[C@H]1CC[C@H](n2c(=O)c(Cc3ccc(-c4ccccc4C4=NOC(O)N4)cc3)c(CCC)n3ncnc32)CC1. The van der Waals surface area contributed by atoms with Crippen molar-refractivity contribution in [3.63, 3.8) is 0 Å². The number of benzene rings is 2. The summed E-state index contributed by atoms with van der Waals surface area (Å²) in [5.41, 5.74) is 5.38. The summed E-state index contributed by atoms with van der Waals surface area (Å²) in [4.78, 5) is 23.7. The zero-order chi connectivity index (χ0) is 30.6. The summed E-state index contributed by atoms with van der Waals surface area (Å²) >= 11 is 0. The van der Waals surface area contributed by atoms with Crippen molar-refractivity contribution in [2.75, 3.05) is 6.61 Å². The first-order valence-corrected chi connectivity index (χ1v) is 15.2. The fourth-order valence-electron chi connectivity index (χ4n) is 6.20. The van der Waals surface area contributed by atoms with E-state index >= 15 is 0 Å². The number of nitrogens with one attached hydrogen (secondary N) is 1. The van der Waals surface area contributed by atoms with Crippen LogP contribution in [0.15, 0.2) is 77.5 Å². The topological polar surface area (TPSA) is 136 Å². The molecule has 3 N–H and O–H groups in total. The molecule has 0 radical (unpaired) electrons. The lowest BCUT2D eigenvalue weighted by atomic mass is 9.92. The van der Waals surface area contributed by atoms with Crippen molar-refractivity contribution in [2.24, 2.45) is 5.16 Å². The Morgan fingerprint density at radius 2 is 1.89 bits per heavy atom. The Balaban J connectivity index is 1.28. The maximum atomic E-state index is 14.3. The van der Waals surface area contributed by atoms with Crippen molar-refractivity contribution < 1.29 is 19.8 Å². The van der Waals surface area contributed by atoms with Gasteiger partial charge in [0.25, 0.3) is 5.56 Å². The van der Waals surface area contributed by atoms with Gasteiger partial charge >= 0.3 is 6.41 Å². The molecule has 0 amide bonds. The minimum atomic E-state index is -1.16. The predicted molar refractivity (Wildman–Crippen MR) is 166 cm³/mol. The highest BCUT2D eigenvalue weighted by Crippen LogP contribution is 2.31. The number of ether oxygens (including phenoxy) is 1. The van der Waals surface area contributed by atoms with Crippen LogP contribution in [0.3, 0.4) is 0 Å². The highest BCUT2D eigenvalue weighted by atomic mass is 16.7. The van der Waals surface area contributed by atoms with E-state index in [-0.39, 0.29) is 24.3 Å². The molecule has 1 aliphatic heterocycles. The normalized spacial score (nSPS) is 20.6. The molecule has 0 saturated heterocycles. The van der Waals surface area contributed by atoms with Gasteiger partial charge in [0, 0.05) is 23.6 Å². The number of nitrogens with zero attached hydrogens (tertiary/aromatic N) is 5. The second-order valence-electron chi connectivity index (χ2n) is 11.4. The van der Waals surface area contributed by atoms with E-state index in [0.29, 0.717) is 24.5 Å². The van der Waals surface area contributed by atoms with E-state index in [0.717, 1.165) is 65.6 Å². The lowest BCUT2D eigenvalue weighted by Crippen LogP contribution is -2.35. The van der Waals surface area contributed by atoms with E-state index in [1.54, 1.807) is 0 Å². The average Bonchev–Trinajstić information content (AvgIpc) is 3.72. The maximum Gasteiger partial charge on any atom is 0.304 e. The van der Waals surface area contributed by atoms with Gasteiger partial charge in [0.1, 0.15) is 6.33 Å². The lowest BCUT2D eigenvalue weighted by molar-refractivity contribution is -0.0896. The molecule has 0 spiro atoms. The second kappa shape index (κ2) is 13.1. The third-order valence-corrected chi connectivity index (χ3v) is 8.43. The molecular formula is C33H38N6O5. The molecule has 1 saturated carbocycles. The molecule has 2 atom stereocenters. The van der Waals surface area contributed by atoms with Crippen molar-refractivity contribution >= 4 is 11.6 Å². The predicted octanol–water partition coefficient (Wildman–Crippen LogP) is 3.71. The van der Waals surface area contributed by atoms with Gasteiger partial charge in [-0.05, 0) is 48.8 Å². The quantitative estimate of drug-likeness (QED) is 0.223. The number of aliphatic hydroxyl groups is 2. The third kappa shape index (κ3) is 6.03. The molecule has 2 aromatic heterocycles. The highest BCUT2D eigenvalue weighted by Gasteiger charge is 2.28. The third-order valence-electron chi connectivity index (χ3n) is 8.43. The van der Waals surface area contributed by atoms with E-state index in [1.807, 2.05) is 57.6 Å². The number of fused-ring (bicyclic) bond motifs is 1. The van der Waals surface area contributed by atoms with E-state index < -0.39 is 12.5 Å². The fourth-order valence-corrected chi connectivity index (χ4v) is 6.20. The van der Waals surface area contributed by atoms with Crippen molar-refractivity contribution in [1.29, 1.82) is 0 Å². The van der Waals surface area contributed by atoms with Crippen molar-refractivity contribution in [1.82, 2.24) is 24.5 Å². The molecule has 11 nitrogen and oxygen atoms in total. The summed E-state index contributed by atoms with van der Waals surface area (Å²) in [7, 11) is 0. The van der Waals surface area contributed by atoms with Crippen LogP contribution in [-0.4, -0.2) is 60.4 Å². The Bertz CT molecular complexity index is 1700. The van der Waals surface area contributed by atoms with E-state index in [9.17, 15) is 15.0 Å². The standard InChI is InChI=1S/C33H38N6O5/c1-3-7-29-28(18-21-10-12-22(13-11-21)26-8-5-6-9-27(26)30-36-33(42)44-37-30)31(41)38(32-34-20-35-39(29)32)23-14-16-25(17-15-23)43-19-24(40)4-2/h4-6,8-13,20,23-25,33,40,42H,2-3,7,14-19H2,1H3,(H,36,37)/t23-,24?,25-,33?. The molecule has 1 aliphatic carbocycles. The molecule has 1 fully saturated rings. The largest absolute Gasteiger partial charge is 0.387 e. The number of hydrogen-bond acceptors (Lipinski definition) is 9. The molecule has 6 rings (SSSR count). The summed E-state index contributed by atoms with van der Waals surface area (Å²) in [6, 6.07) is 16.0. The molecule has 2 aromatic carbocycles. The van der Waals surface area contributed by atoms with Crippen LogP contribution >= 0.6 is 0 Å². The number of aryl methyl sites for hydroxylation is 1. The molecule has 0 bridgehead atoms. The molecule has 3 heterocycles. The van der Waals surface area contributed by atoms with Crippen molar-refractivity contribution in [3.05, 3.63) is 100 Å². The number of rotatable bonds is 11. The van der Waals surface area contributed by atoms with Crippen LogP contribution in [0.1, 0.15) is 67.5 Å². The summed E-state index contributed by atoms with van der Waals surface area (Å²) in [6.45, 7) is 5.94. The van der Waals surface area contributed by atoms with Crippen LogP contribution in [0.2, 0.25) is 0 Å². The first-order chi connectivity index (χ1) is 21.5. The van der Waals surface area contributed by atoms with Gasteiger partial charge in [-0.2, -0.15) is 10.1 Å². The van der Waals surface area contributed by atoms with Gasteiger partial charge in [0.15, 0.2) is 5.84 Å². The fraction of sp³-hybridized carbons (Fsp3) is 0.394. The smallest absolute Gasteiger partial charge is 0.304 e. The Kier molecular flexibility index (Phi) is 8.87. The van der Waals surface area contributed by atoms with Crippen molar-refractivity contribution in [3.8, 4) is 11.1 Å². The van der Waals surface area contributed by atoms with E-state index in [2.05, 4.69) is 34.1 Å². The summed E-state index contributed by atoms with van der Waals surface area (Å²) < 4.78 is 9.58. The van der Waals surface area contributed by atoms with Gasteiger partial charge in [0.05, 0.1) is 24.5 Å². The van der Waals surface area contributed by atoms with Gasteiger partial charge in [-0.3, -0.25) is 9.36 Å². The van der Waals surface area contributed by atoms with Crippen LogP contribution in [-0.2, 0) is 22.4 Å². The molecule has 4 aromatic rings. The lowest BCUT2D eigenvalue weighted by Gasteiger charge is -2.31. The second-order valence-corrected chi connectivity index (χ2v) is 11.4.